The number of carbonyl (C=O) groups is 2. The van der Waals surface area contributed by atoms with Gasteiger partial charge in [-0.1, -0.05) is 67.1 Å². The van der Waals surface area contributed by atoms with Crippen molar-refractivity contribution >= 4 is 28.9 Å². The minimum Gasteiger partial charge on any atom is -0.484 e. The van der Waals surface area contributed by atoms with Crippen molar-refractivity contribution in [3.8, 4) is 11.5 Å². The molecule has 1 N–H and O–H groups in total. The molecule has 0 aliphatic rings. The highest BCUT2D eigenvalue weighted by Gasteiger charge is 2.13. The summed E-state index contributed by atoms with van der Waals surface area (Å²) in [7, 11) is 0. The van der Waals surface area contributed by atoms with E-state index in [1.807, 2.05) is 73.7 Å². The molecule has 0 atom stereocenters. The number of aryl methyl sites for hydroxylation is 2. The third kappa shape index (κ3) is 6.12. The van der Waals surface area contributed by atoms with Crippen LogP contribution in [-0.4, -0.2) is 24.7 Å². The first-order chi connectivity index (χ1) is 17.0. The van der Waals surface area contributed by atoms with Crippen molar-refractivity contribution in [2.24, 2.45) is 5.10 Å². The van der Waals surface area contributed by atoms with Gasteiger partial charge in [0.15, 0.2) is 6.61 Å². The van der Waals surface area contributed by atoms with Gasteiger partial charge in [-0.05, 0) is 60.0 Å². The highest BCUT2D eigenvalue weighted by Crippen LogP contribution is 2.27. The number of carbonyl (C=O) groups excluding carboxylic acids is 2. The number of benzene rings is 4. The van der Waals surface area contributed by atoms with Crippen LogP contribution < -0.4 is 14.9 Å². The van der Waals surface area contributed by atoms with Crippen LogP contribution in [0.15, 0.2) is 90.0 Å². The lowest BCUT2D eigenvalue weighted by molar-refractivity contribution is -0.123. The fraction of sp³-hybridized carbons (Fsp3) is 0.138. The normalized spacial score (nSPS) is 10.9. The number of hydrogen-bond acceptors (Lipinski definition) is 5. The fourth-order valence-electron chi connectivity index (χ4n) is 3.52. The minimum atomic E-state index is -0.471. The van der Waals surface area contributed by atoms with E-state index in [2.05, 4.69) is 17.5 Å². The topological polar surface area (TPSA) is 77.0 Å². The maximum absolute atomic E-state index is 12.7. The van der Waals surface area contributed by atoms with Gasteiger partial charge in [0.05, 0.1) is 11.8 Å². The number of hydrogen-bond donors (Lipinski definition) is 1. The van der Waals surface area contributed by atoms with Crippen molar-refractivity contribution in [1.29, 1.82) is 0 Å². The number of hydrazone groups is 1. The summed E-state index contributed by atoms with van der Waals surface area (Å²) in [5.74, 6) is 0.0842. The number of nitrogens with one attached hydrogen (secondary N) is 1. The maximum Gasteiger partial charge on any atom is 0.343 e. The first kappa shape index (κ1) is 23.7. The molecule has 0 saturated carbocycles. The van der Waals surface area contributed by atoms with Crippen LogP contribution in [0, 0.1) is 6.92 Å². The van der Waals surface area contributed by atoms with Gasteiger partial charge < -0.3 is 9.47 Å². The number of rotatable bonds is 8. The van der Waals surface area contributed by atoms with Crippen molar-refractivity contribution in [3.05, 3.63) is 107 Å². The molecule has 0 saturated heterocycles. The van der Waals surface area contributed by atoms with Crippen LogP contribution in [0.5, 0.6) is 11.5 Å². The summed E-state index contributed by atoms with van der Waals surface area (Å²) in [6, 6.07) is 26.0. The van der Waals surface area contributed by atoms with E-state index >= 15 is 0 Å². The Morgan fingerprint density at radius 2 is 1.66 bits per heavy atom. The Balaban J connectivity index is 1.47. The number of esters is 1. The molecule has 176 valence electrons. The first-order valence-electron chi connectivity index (χ1n) is 11.4. The number of nitrogens with zero attached hydrogens (tertiary/aromatic N) is 1. The van der Waals surface area contributed by atoms with Crippen LogP contribution >= 0.6 is 0 Å². The third-order valence-corrected chi connectivity index (χ3v) is 5.51. The summed E-state index contributed by atoms with van der Waals surface area (Å²) >= 11 is 0. The van der Waals surface area contributed by atoms with Crippen LogP contribution in [-0.2, 0) is 11.2 Å². The molecule has 35 heavy (non-hydrogen) atoms. The number of ether oxygens (including phenoxy) is 2. The Morgan fingerprint density at radius 1 is 0.914 bits per heavy atom. The van der Waals surface area contributed by atoms with E-state index in [-0.39, 0.29) is 6.61 Å². The van der Waals surface area contributed by atoms with Crippen LogP contribution in [0.4, 0.5) is 0 Å². The summed E-state index contributed by atoms with van der Waals surface area (Å²) in [6.07, 6.45) is 2.42. The number of amides is 1. The van der Waals surface area contributed by atoms with E-state index in [4.69, 9.17) is 9.47 Å². The lowest BCUT2D eigenvalue weighted by atomic mass is 10.0. The van der Waals surface area contributed by atoms with Gasteiger partial charge in [0.1, 0.15) is 11.5 Å². The average molecular weight is 467 g/mol. The SMILES string of the molecule is CCc1ccc(OCC(=O)N/N=C/c2c(OC(=O)c3ccc(C)cc3)ccc3ccccc23)cc1. The van der Waals surface area contributed by atoms with Crippen LogP contribution in [0.1, 0.15) is 34.0 Å². The molecule has 0 bridgehead atoms. The predicted molar refractivity (Wildman–Crippen MR) is 137 cm³/mol. The second-order valence-electron chi connectivity index (χ2n) is 8.03. The van der Waals surface area contributed by atoms with E-state index in [0.29, 0.717) is 22.6 Å². The van der Waals surface area contributed by atoms with Crippen LogP contribution in [0.25, 0.3) is 10.8 Å². The Kier molecular flexibility index (Phi) is 7.53. The zero-order chi connectivity index (χ0) is 24.6. The summed E-state index contributed by atoms with van der Waals surface area (Å²) in [5.41, 5.74) is 5.75. The van der Waals surface area contributed by atoms with Crippen LogP contribution in [0.2, 0.25) is 0 Å². The molecule has 4 rings (SSSR count). The molecule has 0 fully saturated rings. The predicted octanol–water partition coefficient (Wildman–Crippen LogP) is 5.46. The summed E-state index contributed by atoms with van der Waals surface area (Å²) in [4.78, 5) is 24.9. The molecule has 6 heteroatoms. The Morgan fingerprint density at radius 3 is 2.40 bits per heavy atom. The third-order valence-electron chi connectivity index (χ3n) is 5.51. The van der Waals surface area contributed by atoms with Gasteiger partial charge in [0.25, 0.3) is 5.91 Å². The van der Waals surface area contributed by atoms with Crippen molar-refractivity contribution in [3.63, 3.8) is 0 Å². The van der Waals surface area contributed by atoms with Gasteiger partial charge in [-0.2, -0.15) is 5.10 Å². The highest BCUT2D eigenvalue weighted by atomic mass is 16.5. The van der Waals surface area contributed by atoms with E-state index < -0.39 is 11.9 Å². The second-order valence-corrected chi connectivity index (χ2v) is 8.03. The molecule has 4 aromatic carbocycles. The van der Waals surface area contributed by atoms with E-state index in [1.165, 1.54) is 11.8 Å². The maximum atomic E-state index is 12.7. The molecule has 0 radical (unpaired) electrons. The molecular formula is C29H26N2O4. The van der Waals surface area contributed by atoms with E-state index in [0.717, 1.165) is 22.8 Å². The Bertz CT molecular complexity index is 1360. The van der Waals surface area contributed by atoms with Crippen molar-refractivity contribution in [2.75, 3.05) is 6.61 Å². The van der Waals surface area contributed by atoms with Gasteiger partial charge in [-0.3, -0.25) is 4.79 Å². The average Bonchev–Trinajstić information content (AvgIpc) is 2.89. The monoisotopic (exact) mass is 466 g/mol. The van der Waals surface area contributed by atoms with E-state index in [9.17, 15) is 9.59 Å². The molecule has 0 spiro atoms. The molecular weight excluding hydrogens is 440 g/mol. The molecule has 0 unspecified atom stereocenters. The van der Waals surface area contributed by atoms with Gasteiger partial charge in [-0.15, -0.1) is 0 Å². The Labute approximate surface area is 204 Å². The zero-order valence-corrected chi connectivity index (χ0v) is 19.7. The first-order valence-corrected chi connectivity index (χ1v) is 11.4. The minimum absolute atomic E-state index is 0.173. The second kappa shape index (κ2) is 11.1. The number of fused-ring (bicyclic) bond motifs is 1. The fourth-order valence-corrected chi connectivity index (χ4v) is 3.52. The molecule has 4 aromatic rings. The van der Waals surface area contributed by atoms with Crippen LogP contribution in [0.3, 0.4) is 0 Å². The summed E-state index contributed by atoms with van der Waals surface area (Å²) < 4.78 is 11.2. The molecule has 0 aliphatic carbocycles. The van der Waals surface area contributed by atoms with Gasteiger partial charge >= 0.3 is 5.97 Å². The van der Waals surface area contributed by atoms with Gasteiger partial charge in [0, 0.05) is 5.56 Å². The largest absolute Gasteiger partial charge is 0.484 e. The van der Waals surface area contributed by atoms with E-state index in [1.54, 1.807) is 18.2 Å². The molecule has 0 heterocycles. The standard InChI is InChI=1S/C29H26N2O4/c1-3-21-10-15-24(16-11-21)34-19-28(32)31-30-18-26-25-7-5-4-6-22(25)14-17-27(26)35-29(33)23-12-8-20(2)9-13-23/h4-18H,3,19H2,1-2H3,(H,31,32)/b30-18+. The lowest BCUT2D eigenvalue weighted by Crippen LogP contribution is -2.24. The van der Waals surface area contributed by atoms with Crippen molar-refractivity contribution < 1.29 is 19.1 Å². The molecule has 1 amide bonds. The molecule has 0 aliphatic heterocycles. The van der Waals surface area contributed by atoms with Gasteiger partial charge in [0.2, 0.25) is 0 Å². The Hall–Kier alpha value is -4.45. The highest BCUT2D eigenvalue weighted by molar-refractivity contribution is 6.04. The summed E-state index contributed by atoms with van der Waals surface area (Å²) in [6.45, 7) is 3.86. The van der Waals surface area contributed by atoms with Crippen molar-refractivity contribution in [2.45, 2.75) is 20.3 Å². The molecule has 6 nitrogen and oxygen atoms in total. The smallest absolute Gasteiger partial charge is 0.343 e. The van der Waals surface area contributed by atoms with Crippen molar-refractivity contribution in [1.82, 2.24) is 5.43 Å². The lowest BCUT2D eigenvalue weighted by Gasteiger charge is -2.11. The zero-order valence-electron chi connectivity index (χ0n) is 19.7. The molecule has 0 aromatic heterocycles. The quantitative estimate of drug-likeness (QED) is 0.162. The summed E-state index contributed by atoms with van der Waals surface area (Å²) in [5, 5.41) is 5.88. The van der Waals surface area contributed by atoms with Gasteiger partial charge in [-0.25, -0.2) is 10.2 Å².